The van der Waals surface area contributed by atoms with Crippen molar-refractivity contribution in [3.05, 3.63) is 59.4 Å². The van der Waals surface area contributed by atoms with E-state index in [0.717, 1.165) is 18.4 Å². The molecule has 1 aromatic carbocycles. The molecule has 2 heterocycles. The van der Waals surface area contributed by atoms with Crippen molar-refractivity contribution >= 4 is 5.91 Å². The summed E-state index contributed by atoms with van der Waals surface area (Å²) in [6, 6.07) is 9.23. The predicted molar refractivity (Wildman–Crippen MR) is 80.8 cm³/mol. The van der Waals surface area contributed by atoms with Crippen molar-refractivity contribution in [3.8, 4) is 0 Å². The van der Waals surface area contributed by atoms with E-state index >= 15 is 0 Å². The summed E-state index contributed by atoms with van der Waals surface area (Å²) in [4.78, 5) is 16.7. The first-order valence-electron chi connectivity index (χ1n) is 7.31. The molecule has 2 N–H and O–H groups in total. The van der Waals surface area contributed by atoms with Gasteiger partial charge in [0, 0.05) is 0 Å². The molecule has 1 aromatic heterocycles. The summed E-state index contributed by atoms with van der Waals surface area (Å²) in [7, 11) is 0. The number of hydrogen-bond donors (Lipinski definition) is 2. The zero-order chi connectivity index (χ0) is 15.4. The number of carbonyl (C=O) groups is 1. The number of aromatic amines is 1. The Labute approximate surface area is 128 Å². The Morgan fingerprint density at radius 3 is 2.82 bits per heavy atom. The highest BCUT2D eigenvalue weighted by Crippen LogP contribution is 2.20. The van der Waals surface area contributed by atoms with Crippen LogP contribution in [0.1, 0.15) is 36.1 Å². The Kier molecular flexibility index (Phi) is 4.18. The van der Waals surface area contributed by atoms with Crippen LogP contribution >= 0.6 is 0 Å². The third kappa shape index (κ3) is 3.16. The number of rotatable bonds is 4. The molecule has 2 aromatic rings. The van der Waals surface area contributed by atoms with Gasteiger partial charge in [-0.05, 0) is 31.4 Å². The molecule has 6 heteroatoms. The van der Waals surface area contributed by atoms with Crippen molar-refractivity contribution in [3.63, 3.8) is 0 Å². The first-order chi connectivity index (χ1) is 10.7. The summed E-state index contributed by atoms with van der Waals surface area (Å²) in [6.07, 6.45) is 3.63. The number of allylic oxidation sites excluding steroid dienone is 1. The lowest BCUT2D eigenvalue weighted by Gasteiger charge is -2.19. The minimum atomic E-state index is -0.412. The fourth-order valence-corrected chi connectivity index (χ4v) is 2.35. The number of nitrogens with one attached hydrogen (secondary N) is 2. The maximum atomic E-state index is 12.4. The molecule has 3 rings (SSSR count). The number of carbonyl (C=O) groups excluding carboxylic acids is 1. The van der Waals surface area contributed by atoms with Crippen molar-refractivity contribution in [2.75, 3.05) is 6.61 Å². The lowest BCUT2D eigenvalue weighted by atomic mass is 10.1. The van der Waals surface area contributed by atoms with Crippen LogP contribution in [0.3, 0.4) is 0 Å². The van der Waals surface area contributed by atoms with Gasteiger partial charge in [-0.25, -0.2) is 4.98 Å². The van der Waals surface area contributed by atoms with E-state index in [-0.39, 0.29) is 5.91 Å². The van der Waals surface area contributed by atoms with E-state index in [4.69, 9.17) is 4.74 Å². The zero-order valence-electron chi connectivity index (χ0n) is 12.4. The number of H-pyrrole nitrogens is 1. The van der Waals surface area contributed by atoms with Crippen LogP contribution in [0, 0.1) is 6.92 Å². The number of amides is 1. The lowest BCUT2D eigenvalue weighted by molar-refractivity contribution is -0.121. The summed E-state index contributed by atoms with van der Waals surface area (Å²) >= 11 is 0. The second kappa shape index (κ2) is 6.43. The highest BCUT2D eigenvalue weighted by Gasteiger charge is 2.23. The van der Waals surface area contributed by atoms with Crippen molar-refractivity contribution in [2.24, 2.45) is 0 Å². The summed E-state index contributed by atoms with van der Waals surface area (Å²) in [5, 5.41) is 9.95. The van der Waals surface area contributed by atoms with E-state index in [1.165, 1.54) is 0 Å². The standard InChI is InChI=1S/C16H18N4O2/c1-11-17-15(20-19-11)14(12-7-3-2-4-8-12)18-16(21)13-9-5-6-10-22-13/h2-4,7-9,14H,5-6,10H2,1H3,(H,18,21)(H,17,19,20). The summed E-state index contributed by atoms with van der Waals surface area (Å²) in [5.74, 6) is 1.38. The van der Waals surface area contributed by atoms with E-state index in [9.17, 15) is 4.79 Å². The topological polar surface area (TPSA) is 79.9 Å². The molecule has 0 aliphatic carbocycles. The Morgan fingerprint density at radius 1 is 1.36 bits per heavy atom. The molecule has 114 valence electrons. The average Bonchev–Trinajstić information content (AvgIpc) is 3.00. The van der Waals surface area contributed by atoms with Gasteiger partial charge in [-0.15, -0.1) is 0 Å². The van der Waals surface area contributed by atoms with Crippen LogP contribution in [-0.4, -0.2) is 27.7 Å². The minimum Gasteiger partial charge on any atom is -0.488 e. The quantitative estimate of drug-likeness (QED) is 0.905. The van der Waals surface area contributed by atoms with Crippen LogP contribution in [0.15, 0.2) is 42.2 Å². The van der Waals surface area contributed by atoms with Crippen LogP contribution < -0.4 is 5.32 Å². The van der Waals surface area contributed by atoms with Gasteiger partial charge in [-0.3, -0.25) is 9.89 Å². The van der Waals surface area contributed by atoms with Gasteiger partial charge in [0.05, 0.1) is 6.61 Å². The molecule has 0 radical (unpaired) electrons. The predicted octanol–water partition coefficient (Wildman–Crippen LogP) is 2.01. The Morgan fingerprint density at radius 2 is 2.18 bits per heavy atom. The van der Waals surface area contributed by atoms with Gasteiger partial charge in [0.1, 0.15) is 11.9 Å². The second-order valence-electron chi connectivity index (χ2n) is 5.16. The molecule has 1 unspecified atom stereocenters. The molecule has 6 nitrogen and oxygen atoms in total. The molecule has 22 heavy (non-hydrogen) atoms. The van der Waals surface area contributed by atoms with Crippen molar-refractivity contribution in [2.45, 2.75) is 25.8 Å². The zero-order valence-corrected chi connectivity index (χ0v) is 12.4. The van der Waals surface area contributed by atoms with E-state index < -0.39 is 6.04 Å². The fraction of sp³-hybridized carbons (Fsp3) is 0.312. The highest BCUT2D eigenvalue weighted by atomic mass is 16.5. The number of aryl methyl sites for hydroxylation is 1. The first-order valence-corrected chi connectivity index (χ1v) is 7.31. The van der Waals surface area contributed by atoms with Gasteiger partial charge in [0.2, 0.25) is 0 Å². The largest absolute Gasteiger partial charge is 0.488 e. The van der Waals surface area contributed by atoms with E-state index in [2.05, 4.69) is 20.5 Å². The number of benzene rings is 1. The van der Waals surface area contributed by atoms with E-state index in [1.54, 1.807) is 0 Å². The van der Waals surface area contributed by atoms with Gasteiger partial charge in [-0.1, -0.05) is 30.3 Å². The Hall–Kier alpha value is -2.63. The van der Waals surface area contributed by atoms with Crippen LogP contribution in [0.2, 0.25) is 0 Å². The van der Waals surface area contributed by atoms with Crippen LogP contribution in [0.25, 0.3) is 0 Å². The fourth-order valence-electron chi connectivity index (χ4n) is 2.35. The smallest absolute Gasteiger partial charge is 0.286 e. The second-order valence-corrected chi connectivity index (χ2v) is 5.16. The third-order valence-corrected chi connectivity index (χ3v) is 3.44. The van der Waals surface area contributed by atoms with Crippen molar-refractivity contribution in [1.29, 1.82) is 0 Å². The van der Waals surface area contributed by atoms with Crippen molar-refractivity contribution in [1.82, 2.24) is 20.5 Å². The maximum absolute atomic E-state index is 12.4. The normalized spacial score (nSPS) is 15.6. The van der Waals surface area contributed by atoms with Gasteiger partial charge >= 0.3 is 0 Å². The monoisotopic (exact) mass is 298 g/mol. The highest BCUT2D eigenvalue weighted by molar-refractivity contribution is 5.92. The Bertz CT molecular complexity index is 678. The molecule has 1 aliphatic heterocycles. The molecule has 0 fully saturated rings. The van der Waals surface area contributed by atoms with Crippen LogP contribution in [0.4, 0.5) is 0 Å². The molecule has 0 saturated heterocycles. The lowest BCUT2D eigenvalue weighted by Crippen LogP contribution is -2.32. The summed E-state index contributed by atoms with van der Waals surface area (Å²) in [6.45, 7) is 2.40. The van der Waals surface area contributed by atoms with Gasteiger partial charge in [0.15, 0.2) is 11.6 Å². The first kappa shape index (κ1) is 14.3. The molecule has 1 amide bonds. The maximum Gasteiger partial charge on any atom is 0.286 e. The van der Waals surface area contributed by atoms with Crippen molar-refractivity contribution < 1.29 is 9.53 Å². The minimum absolute atomic E-state index is 0.240. The molecule has 1 aliphatic rings. The SMILES string of the molecule is Cc1nc(C(NC(=O)C2=CCCCO2)c2ccccc2)n[nH]1. The molecular formula is C16H18N4O2. The molecular weight excluding hydrogens is 280 g/mol. The number of nitrogens with zero attached hydrogens (tertiary/aromatic N) is 2. The molecule has 0 spiro atoms. The molecule has 0 saturated carbocycles. The van der Waals surface area contributed by atoms with Gasteiger partial charge in [-0.2, -0.15) is 5.10 Å². The molecule has 0 bridgehead atoms. The molecule has 1 atom stereocenters. The summed E-state index contributed by atoms with van der Waals surface area (Å²) in [5.41, 5.74) is 0.922. The van der Waals surface area contributed by atoms with Crippen LogP contribution in [0.5, 0.6) is 0 Å². The van der Waals surface area contributed by atoms with E-state index in [0.29, 0.717) is 24.0 Å². The van der Waals surface area contributed by atoms with Gasteiger partial charge in [0.25, 0.3) is 5.91 Å². The van der Waals surface area contributed by atoms with E-state index in [1.807, 2.05) is 43.3 Å². The number of aromatic nitrogens is 3. The average molecular weight is 298 g/mol. The number of ether oxygens (including phenoxy) is 1. The van der Waals surface area contributed by atoms with Gasteiger partial charge < -0.3 is 10.1 Å². The summed E-state index contributed by atoms with van der Waals surface area (Å²) < 4.78 is 5.42. The number of hydrogen-bond acceptors (Lipinski definition) is 4. The third-order valence-electron chi connectivity index (χ3n) is 3.44. The Balaban J connectivity index is 1.86. The van der Waals surface area contributed by atoms with Crippen LogP contribution in [-0.2, 0) is 9.53 Å².